The third-order valence-electron chi connectivity index (χ3n) is 4.08. The molecule has 0 aromatic heterocycles. The van der Waals surface area contributed by atoms with Crippen molar-refractivity contribution in [1.82, 2.24) is 15.6 Å². The van der Waals surface area contributed by atoms with Gasteiger partial charge in [-0.15, -0.1) is 0 Å². The molecule has 4 N–H and O–H groups in total. The van der Waals surface area contributed by atoms with Crippen molar-refractivity contribution in [1.29, 1.82) is 0 Å². The highest BCUT2D eigenvalue weighted by Gasteiger charge is 2.37. The fraction of sp³-hybridized carbons (Fsp3) is 0.263. The van der Waals surface area contributed by atoms with Gasteiger partial charge in [0.2, 0.25) is 10.0 Å². The molecule has 0 aliphatic carbocycles. The van der Waals surface area contributed by atoms with E-state index in [0.29, 0.717) is 17.5 Å². The highest BCUT2D eigenvalue weighted by atomic mass is 32.2. The van der Waals surface area contributed by atoms with Crippen LogP contribution in [0.1, 0.15) is 12.5 Å². The summed E-state index contributed by atoms with van der Waals surface area (Å²) in [6.45, 7) is 0.899. The van der Waals surface area contributed by atoms with Crippen LogP contribution < -0.4 is 25.6 Å². The number of halogens is 3. The van der Waals surface area contributed by atoms with Crippen LogP contribution in [0.3, 0.4) is 0 Å². The standard InChI is InChI=1S/C19H21F3N4O5S/c1-12(26-32(29,30)16-6-4-3-5-15(16)19(20,21)22)18(28)25-24-17(27)11-23-13-7-9-14(31-2)10-8-13/h3-10,12,23,26H,11H2,1-2H3,(H,24,27)(H,25,28)/t12-/m0/s1. The molecule has 0 heterocycles. The number of hydrogen-bond acceptors (Lipinski definition) is 6. The molecule has 9 nitrogen and oxygen atoms in total. The molecule has 32 heavy (non-hydrogen) atoms. The van der Waals surface area contributed by atoms with Gasteiger partial charge in [-0.05, 0) is 43.3 Å². The molecule has 0 radical (unpaired) electrons. The molecule has 0 saturated heterocycles. The molecule has 0 aliphatic rings. The van der Waals surface area contributed by atoms with Gasteiger partial charge in [0, 0.05) is 5.69 Å². The van der Waals surface area contributed by atoms with Crippen molar-refractivity contribution in [2.24, 2.45) is 0 Å². The molecule has 2 aromatic carbocycles. The Balaban J connectivity index is 1.90. The average molecular weight is 474 g/mol. The lowest BCUT2D eigenvalue weighted by Gasteiger charge is -2.17. The van der Waals surface area contributed by atoms with Crippen LogP contribution in [0, 0.1) is 0 Å². The summed E-state index contributed by atoms with van der Waals surface area (Å²) in [7, 11) is -3.17. The van der Waals surface area contributed by atoms with Crippen LogP contribution in [0.15, 0.2) is 53.4 Å². The summed E-state index contributed by atoms with van der Waals surface area (Å²) < 4.78 is 70.8. The quantitative estimate of drug-likeness (QED) is 0.431. The van der Waals surface area contributed by atoms with Crippen molar-refractivity contribution in [2.75, 3.05) is 19.0 Å². The van der Waals surface area contributed by atoms with Gasteiger partial charge in [0.05, 0.1) is 30.2 Å². The molecule has 0 bridgehead atoms. The van der Waals surface area contributed by atoms with Gasteiger partial charge in [-0.2, -0.15) is 17.9 Å². The molecule has 1 atom stereocenters. The van der Waals surface area contributed by atoms with Crippen LogP contribution in [-0.4, -0.2) is 39.9 Å². The van der Waals surface area contributed by atoms with E-state index in [0.717, 1.165) is 25.1 Å². The third-order valence-corrected chi connectivity index (χ3v) is 5.67. The number of anilines is 1. The predicted octanol–water partition coefficient (Wildman–Crippen LogP) is 1.64. The maximum Gasteiger partial charge on any atom is 0.417 e. The number of carbonyl (C=O) groups is 2. The number of alkyl halides is 3. The zero-order valence-electron chi connectivity index (χ0n) is 17.0. The maximum atomic E-state index is 13.1. The van der Waals surface area contributed by atoms with E-state index in [1.165, 1.54) is 7.11 Å². The number of amides is 2. The fourth-order valence-electron chi connectivity index (χ4n) is 2.46. The first-order valence-electron chi connectivity index (χ1n) is 9.09. The first-order valence-corrected chi connectivity index (χ1v) is 10.6. The molecule has 0 unspecified atom stereocenters. The van der Waals surface area contributed by atoms with Crippen molar-refractivity contribution < 1.29 is 35.9 Å². The Hall–Kier alpha value is -3.32. The van der Waals surface area contributed by atoms with Gasteiger partial charge in [-0.1, -0.05) is 12.1 Å². The number of carbonyl (C=O) groups excluding carboxylic acids is 2. The van der Waals surface area contributed by atoms with E-state index in [-0.39, 0.29) is 6.54 Å². The first-order chi connectivity index (χ1) is 14.9. The summed E-state index contributed by atoms with van der Waals surface area (Å²) >= 11 is 0. The van der Waals surface area contributed by atoms with E-state index in [1.807, 2.05) is 10.1 Å². The molecule has 2 rings (SSSR count). The number of benzene rings is 2. The summed E-state index contributed by atoms with van der Waals surface area (Å²) in [6, 6.07) is 8.78. The summed E-state index contributed by atoms with van der Waals surface area (Å²) in [5.41, 5.74) is 3.33. The molecule has 174 valence electrons. The lowest BCUT2D eigenvalue weighted by atomic mass is 10.2. The highest BCUT2D eigenvalue weighted by Crippen LogP contribution is 2.33. The minimum absolute atomic E-state index is 0.217. The third kappa shape index (κ3) is 6.85. The Morgan fingerprint density at radius 2 is 1.66 bits per heavy atom. The minimum Gasteiger partial charge on any atom is -0.497 e. The Morgan fingerprint density at radius 3 is 2.25 bits per heavy atom. The number of nitrogens with one attached hydrogen (secondary N) is 4. The van der Waals surface area contributed by atoms with Gasteiger partial charge >= 0.3 is 6.18 Å². The number of hydrazine groups is 1. The van der Waals surface area contributed by atoms with Crippen molar-refractivity contribution >= 4 is 27.5 Å². The Labute approximate surface area is 182 Å². The number of ether oxygens (including phenoxy) is 1. The SMILES string of the molecule is COc1ccc(NCC(=O)NNC(=O)[C@H](C)NS(=O)(=O)c2ccccc2C(F)(F)F)cc1. The molecule has 2 amide bonds. The molecule has 0 spiro atoms. The Kier molecular flexibility index (Phi) is 8.05. The van der Waals surface area contributed by atoms with E-state index < -0.39 is 44.5 Å². The Morgan fingerprint density at radius 1 is 1.03 bits per heavy atom. The van der Waals surface area contributed by atoms with Crippen LogP contribution in [0.25, 0.3) is 0 Å². The lowest BCUT2D eigenvalue weighted by Crippen LogP contribution is -2.52. The molecule has 0 aliphatic heterocycles. The van der Waals surface area contributed by atoms with Gasteiger partial charge in [0.1, 0.15) is 5.75 Å². The number of hydrogen-bond donors (Lipinski definition) is 4. The van der Waals surface area contributed by atoms with Crippen LogP contribution in [0.2, 0.25) is 0 Å². The zero-order chi connectivity index (χ0) is 23.9. The van der Waals surface area contributed by atoms with Crippen molar-refractivity contribution in [3.63, 3.8) is 0 Å². The number of methoxy groups -OCH3 is 1. The molecular weight excluding hydrogens is 453 g/mol. The molecule has 13 heteroatoms. The second-order valence-electron chi connectivity index (χ2n) is 6.46. The molecule has 2 aromatic rings. The van der Waals surface area contributed by atoms with Gasteiger partial charge in [-0.25, -0.2) is 8.42 Å². The number of sulfonamides is 1. The average Bonchev–Trinajstić information content (AvgIpc) is 2.75. The topological polar surface area (TPSA) is 126 Å². The van der Waals surface area contributed by atoms with E-state index in [2.05, 4.69) is 10.7 Å². The Bertz CT molecular complexity index is 1060. The molecule has 0 saturated carbocycles. The van der Waals surface area contributed by atoms with Crippen LogP contribution in [-0.2, 0) is 25.8 Å². The van der Waals surface area contributed by atoms with Gasteiger partial charge in [-0.3, -0.25) is 20.4 Å². The van der Waals surface area contributed by atoms with Crippen molar-refractivity contribution in [3.05, 3.63) is 54.1 Å². The smallest absolute Gasteiger partial charge is 0.417 e. The van der Waals surface area contributed by atoms with Gasteiger partial charge in [0.25, 0.3) is 11.8 Å². The monoisotopic (exact) mass is 474 g/mol. The van der Waals surface area contributed by atoms with Crippen LogP contribution in [0.5, 0.6) is 5.75 Å². The van der Waals surface area contributed by atoms with Crippen LogP contribution in [0.4, 0.5) is 18.9 Å². The summed E-state index contributed by atoms with van der Waals surface area (Å²) in [6.07, 6.45) is -4.90. The lowest BCUT2D eigenvalue weighted by molar-refractivity contribution is -0.139. The van der Waals surface area contributed by atoms with E-state index in [4.69, 9.17) is 4.74 Å². The highest BCUT2D eigenvalue weighted by molar-refractivity contribution is 7.89. The first kappa shape index (κ1) is 24.9. The fourth-order valence-corrected chi connectivity index (χ4v) is 3.89. The minimum atomic E-state index is -4.90. The largest absolute Gasteiger partial charge is 0.497 e. The van der Waals surface area contributed by atoms with Crippen molar-refractivity contribution in [3.8, 4) is 5.75 Å². The second-order valence-corrected chi connectivity index (χ2v) is 8.14. The van der Waals surface area contributed by atoms with E-state index in [1.54, 1.807) is 24.3 Å². The predicted molar refractivity (Wildman–Crippen MR) is 109 cm³/mol. The van der Waals surface area contributed by atoms with E-state index in [9.17, 15) is 31.2 Å². The van der Waals surface area contributed by atoms with Gasteiger partial charge < -0.3 is 10.1 Å². The van der Waals surface area contributed by atoms with E-state index >= 15 is 0 Å². The van der Waals surface area contributed by atoms with Crippen molar-refractivity contribution in [2.45, 2.75) is 24.0 Å². The molecular formula is C19H21F3N4O5S. The number of rotatable bonds is 8. The van der Waals surface area contributed by atoms with Crippen LogP contribution >= 0.6 is 0 Å². The summed E-state index contributed by atoms with van der Waals surface area (Å²) in [5.74, 6) is -0.996. The van der Waals surface area contributed by atoms with Gasteiger partial charge in [0.15, 0.2) is 0 Å². The normalized spacial score (nSPS) is 12.5. The zero-order valence-corrected chi connectivity index (χ0v) is 17.8. The summed E-state index contributed by atoms with van der Waals surface area (Å²) in [4.78, 5) is 22.9. The second kappa shape index (κ2) is 10.3. The molecule has 0 fully saturated rings. The summed E-state index contributed by atoms with van der Waals surface area (Å²) in [5, 5.41) is 2.79. The maximum absolute atomic E-state index is 13.1.